The van der Waals surface area contributed by atoms with Gasteiger partial charge in [0.2, 0.25) is 5.91 Å². The predicted molar refractivity (Wildman–Crippen MR) is 163 cm³/mol. The molecule has 7 rings (SSSR count). The monoisotopic (exact) mass is 598 g/mol. The van der Waals surface area contributed by atoms with Crippen LogP contribution in [0.5, 0.6) is 0 Å². The van der Waals surface area contributed by atoms with E-state index in [0.29, 0.717) is 43.1 Å². The molecule has 2 atom stereocenters. The predicted octanol–water partition coefficient (Wildman–Crippen LogP) is 5.71. The number of aryl methyl sites for hydroxylation is 2. The zero-order valence-corrected chi connectivity index (χ0v) is 25.7. The van der Waals surface area contributed by atoms with E-state index in [1.807, 2.05) is 44.2 Å². The molecule has 1 N–H and O–H groups in total. The van der Waals surface area contributed by atoms with Crippen molar-refractivity contribution in [1.29, 1.82) is 0 Å². The second-order valence-corrected chi connectivity index (χ2v) is 15.4. The Morgan fingerprint density at radius 3 is 2.56 bits per heavy atom. The van der Waals surface area contributed by atoms with E-state index < -0.39 is 26.9 Å². The van der Waals surface area contributed by atoms with E-state index in [0.717, 1.165) is 33.4 Å². The topological polar surface area (TPSA) is 118 Å². The van der Waals surface area contributed by atoms with Crippen LogP contribution in [-0.4, -0.2) is 42.1 Å². The number of fused-ring (bicyclic) bond motifs is 3. The summed E-state index contributed by atoms with van der Waals surface area (Å²) in [5, 5.41) is 3.02. The molecule has 0 saturated heterocycles. The largest absolute Gasteiger partial charge is 0.443 e. The maximum Gasteiger partial charge on any atom is 0.421 e. The van der Waals surface area contributed by atoms with E-state index in [1.54, 1.807) is 26.8 Å². The molecule has 2 aliphatic heterocycles. The first kappa shape index (κ1) is 27.8. The fraction of sp³-hybridized carbons (Fsp3) is 0.394. The molecule has 0 unspecified atom stereocenters. The van der Waals surface area contributed by atoms with Gasteiger partial charge in [-0.25, -0.2) is 23.1 Å². The smallest absolute Gasteiger partial charge is 0.421 e. The zero-order valence-electron chi connectivity index (χ0n) is 24.9. The van der Waals surface area contributed by atoms with E-state index >= 15 is 0 Å². The molecule has 2 fully saturated rings. The van der Waals surface area contributed by atoms with Crippen LogP contribution in [-0.2, 0) is 31.3 Å². The van der Waals surface area contributed by atoms with Gasteiger partial charge in [0.1, 0.15) is 17.3 Å². The summed E-state index contributed by atoms with van der Waals surface area (Å²) in [5.41, 5.74) is 4.73. The number of nitrogens with one attached hydrogen (secondary N) is 1. The van der Waals surface area contributed by atoms with Crippen molar-refractivity contribution in [3.8, 4) is 0 Å². The van der Waals surface area contributed by atoms with Gasteiger partial charge in [0.05, 0.1) is 27.8 Å². The molecule has 43 heavy (non-hydrogen) atoms. The minimum Gasteiger partial charge on any atom is -0.443 e. The normalized spacial score (nSPS) is 22.3. The van der Waals surface area contributed by atoms with E-state index in [-0.39, 0.29) is 22.0 Å². The summed E-state index contributed by atoms with van der Waals surface area (Å²) in [4.78, 5) is 37.7. The fourth-order valence-corrected chi connectivity index (χ4v) is 8.06. The van der Waals surface area contributed by atoms with Crippen LogP contribution >= 0.6 is 0 Å². The van der Waals surface area contributed by atoms with E-state index in [4.69, 9.17) is 9.73 Å². The van der Waals surface area contributed by atoms with Crippen LogP contribution in [0.15, 0.2) is 58.5 Å². The molecule has 2 aliphatic carbocycles. The number of carbonyl (C=O) groups is 2. The first-order valence-electron chi connectivity index (χ1n) is 14.6. The average molecular weight is 599 g/mol. The number of ether oxygens (including phenoxy) is 1. The van der Waals surface area contributed by atoms with Crippen molar-refractivity contribution in [1.82, 2.24) is 4.98 Å². The van der Waals surface area contributed by atoms with Crippen LogP contribution in [0, 0.1) is 13.8 Å². The molecule has 1 spiro atoms. The molecule has 9 nitrogen and oxygen atoms in total. The van der Waals surface area contributed by atoms with Crippen LogP contribution in [0.25, 0.3) is 0 Å². The Morgan fingerprint density at radius 1 is 1.09 bits per heavy atom. The summed E-state index contributed by atoms with van der Waals surface area (Å²) in [6, 6.07) is 13.6. The lowest BCUT2D eigenvalue weighted by atomic mass is 9.90. The quantitative estimate of drug-likeness (QED) is 0.409. The van der Waals surface area contributed by atoms with Crippen molar-refractivity contribution < 1.29 is 22.7 Å². The Balaban J connectivity index is 1.14. The van der Waals surface area contributed by atoms with Gasteiger partial charge in [-0.05, 0) is 88.3 Å². The molecule has 0 bridgehead atoms. The third kappa shape index (κ3) is 4.45. The van der Waals surface area contributed by atoms with Gasteiger partial charge in [-0.2, -0.15) is 0 Å². The standard InChI is InChI=1S/C33H34N4O5S/c1-18-6-11-27-25(12-18)33(30(38)37(27)31(39)42-32(3,4)5)15-26(33)20-7-10-24-21(14-20)16-34-29(24)36-28-19(2)13-23(17-35-28)43(40,41)22-8-9-22/h6-7,10-14,17,22,26H,8-9,15-16H2,1-5H3,(H,34,35,36)/t26-,33-/m0/s1. The Bertz CT molecular complexity index is 1870. The van der Waals surface area contributed by atoms with Gasteiger partial charge in [-0.1, -0.05) is 35.9 Å². The molecule has 4 aliphatic rings. The van der Waals surface area contributed by atoms with Crippen molar-refractivity contribution in [2.75, 3.05) is 10.2 Å². The van der Waals surface area contributed by atoms with Crippen LogP contribution in [0.4, 0.5) is 16.3 Å². The van der Waals surface area contributed by atoms with Crippen molar-refractivity contribution in [2.45, 2.75) is 87.5 Å². The number of nitrogens with zero attached hydrogens (tertiary/aromatic N) is 3. The Morgan fingerprint density at radius 2 is 1.86 bits per heavy atom. The molecular weight excluding hydrogens is 564 g/mol. The minimum atomic E-state index is -3.31. The highest BCUT2D eigenvalue weighted by atomic mass is 32.2. The van der Waals surface area contributed by atoms with Gasteiger partial charge in [-0.3, -0.25) is 9.79 Å². The number of hydrogen-bond donors (Lipinski definition) is 1. The number of carbonyl (C=O) groups excluding carboxylic acids is 2. The first-order chi connectivity index (χ1) is 20.3. The Labute approximate surface area is 251 Å². The molecule has 10 heteroatoms. The number of anilines is 2. The average Bonchev–Trinajstić information content (AvgIpc) is 3.85. The van der Waals surface area contributed by atoms with Crippen molar-refractivity contribution in [2.24, 2.45) is 4.99 Å². The maximum absolute atomic E-state index is 14.0. The SMILES string of the molecule is Cc1ccc2c(c1)[C@]1(C[C@H]1c1ccc3c(c1)CN=C3Nc1ncc(S(=O)(=O)C3CC3)cc1C)C(=O)N2C(=O)OC(C)(C)C. The zero-order chi connectivity index (χ0) is 30.5. The third-order valence-corrected chi connectivity index (χ3v) is 11.0. The first-order valence-corrected chi connectivity index (χ1v) is 16.2. The Hall–Kier alpha value is -4.05. The number of sulfone groups is 1. The van der Waals surface area contributed by atoms with E-state index in [1.165, 1.54) is 11.1 Å². The second kappa shape index (κ2) is 9.22. The summed E-state index contributed by atoms with van der Waals surface area (Å²) >= 11 is 0. The van der Waals surface area contributed by atoms with Gasteiger partial charge >= 0.3 is 6.09 Å². The second-order valence-electron chi connectivity index (χ2n) is 13.2. The summed E-state index contributed by atoms with van der Waals surface area (Å²) in [6.45, 7) is 9.68. The highest BCUT2D eigenvalue weighted by Gasteiger charge is 2.68. The van der Waals surface area contributed by atoms with E-state index in [9.17, 15) is 18.0 Å². The van der Waals surface area contributed by atoms with E-state index in [2.05, 4.69) is 16.4 Å². The fourth-order valence-electron chi connectivity index (χ4n) is 6.38. The summed E-state index contributed by atoms with van der Waals surface area (Å²) < 4.78 is 30.9. The molecule has 2 saturated carbocycles. The molecule has 1 aromatic heterocycles. The molecule has 3 heterocycles. The van der Waals surface area contributed by atoms with Crippen LogP contribution < -0.4 is 10.2 Å². The lowest BCUT2D eigenvalue weighted by Crippen LogP contribution is -2.41. The summed E-state index contributed by atoms with van der Waals surface area (Å²) in [7, 11) is -3.31. The minimum absolute atomic E-state index is 0.0693. The number of imide groups is 1. The van der Waals surface area contributed by atoms with Gasteiger partial charge in [0.15, 0.2) is 9.84 Å². The molecule has 0 radical (unpaired) electrons. The molecule has 2 aromatic carbocycles. The van der Waals surface area contributed by atoms with Crippen LogP contribution in [0.2, 0.25) is 0 Å². The number of amidine groups is 1. The molecule has 3 aromatic rings. The summed E-state index contributed by atoms with van der Waals surface area (Å²) in [5.74, 6) is 0.937. The molecule has 222 valence electrons. The number of benzene rings is 2. The Kier molecular flexibility index (Phi) is 5.96. The lowest BCUT2D eigenvalue weighted by Gasteiger charge is -2.24. The van der Waals surface area contributed by atoms with Gasteiger partial charge in [0, 0.05) is 17.7 Å². The maximum atomic E-state index is 14.0. The number of rotatable bonds is 4. The third-order valence-electron chi connectivity index (χ3n) is 8.77. The highest BCUT2D eigenvalue weighted by Crippen LogP contribution is 2.66. The van der Waals surface area contributed by atoms with Gasteiger partial charge < -0.3 is 10.1 Å². The van der Waals surface area contributed by atoms with Gasteiger partial charge in [-0.15, -0.1) is 0 Å². The highest BCUT2D eigenvalue weighted by molar-refractivity contribution is 7.92. The summed E-state index contributed by atoms with van der Waals surface area (Å²) in [6.07, 6.45) is 2.81. The van der Waals surface area contributed by atoms with Crippen molar-refractivity contribution in [3.63, 3.8) is 0 Å². The van der Waals surface area contributed by atoms with Crippen LogP contribution in [0.3, 0.4) is 0 Å². The number of aromatic nitrogens is 1. The number of amides is 2. The molecular formula is C33H34N4O5S. The van der Waals surface area contributed by atoms with Gasteiger partial charge in [0.25, 0.3) is 0 Å². The van der Waals surface area contributed by atoms with Crippen molar-refractivity contribution in [3.05, 3.63) is 82.0 Å². The number of aliphatic imine (C=N–C) groups is 1. The number of hydrogen-bond acceptors (Lipinski definition) is 8. The molecule has 2 amide bonds. The lowest BCUT2D eigenvalue weighted by molar-refractivity contribution is -0.120. The number of pyridine rings is 1. The van der Waals surface area contributed by atoms with Crippen molar-refractivity contribution >= 4 is 39.2 Å². The van der Waals surface area contributed by atoms with Crippen LogP contribution in [0.1, 0.15) is 79.3 Å².